The minimum atomic E-state index is -0.175. The van der Waals surface area contributed by atoms with E-state index >= 15 is 0 Å². The lowest BCUT2D eigenvalue weighted by Gasteiger charge is -2.07. The van der Waals surface area contributed by atoms with Gasteiger partial charge in [0.05, 0.1) is 6.61 Å². The fourth-order valence-electron chi connectivity index (χ4n) is 3.00. The average molecular weight is 342 g/mol. The number of aromatic nitrogens is 1. The summed E-state index contributed by atoms with van der Waals surface area (Å²) in [5, 5.41) is 0. The van der Waals surface area contributed by atoms with Gasteiger partial charge in [-0.05, 0) is 56.5 Å². The van der Waals surface area contributed by atoms with E-state index in [1.807, 2.05) is 20.0 Å². The molecule has 2 N–H and O–H groups in total. The van der Waals surface area contributed by atoms with Gasteiger partial charge in [-0.25, -0.2) is 0 Å². The van der Waals surface area contributed by atoms with Crippen LogP contribution in [0.2, 0.25) is 0 Å². The summed E-state index contributed by atoms with van der Waals surface area (Å²) < 4.78 is 7.02. The number of ketones is 1. The molecule has 0 aliphatic heterocycles. The maximum Gasteiger partial charge on any atom is 0.305 e. The third kappa shape index (κ3) is 4.50. The van der Waals surface area contributed by atoms with Crippen LogP contribution in [-0.4, -0.2) is 22.9 Å². The molecule has 1 aromatic heterocycles. The Kier molecular flexibility index (Phi) is 6.39. The molecule has 0 fully saturated rings. The first kappa shape index (κ1) is 18.8. The number of nitrogens with two attached hydrogens (primary N) is 1. The Labute approximate surface area is 148 Å². The summed E-state index contributed by atoms with van der Waals surface area (Å²) in [6.45, 7) is 4.25. The standard InChI is InChI=1S/C20H26N2O3/c1-4-18-17(20(24)14-9-11-15(21)12-10-14)13-16(22(18)3)7-6-8-19(23)25-5-2/h9-13H,4-8,21H2,1-3H3. The molecular weight excluding hydrogens is 316 g/mol. The Bertz CT molecular complexity index is 745. The van der Waals surface area contributed by atoms with Crippen LogP contribution in [0.1, 0.15) is 54.0 Å². The smallest absolute Gasteiger partial charge is 0.305 e. The summed E-state index contributed by atoms with van der Waals surface area (Å²) >= 11 is 0. The molecule has 0 amide bonds. The Hall–Kier alpha value is -2.56. The number of anilines is 1. The molecule has 134 valence electrons. The molecule has 0 saturated carbocycles. The molecule has 0 bridgehead atoms. The van der Waals surface area contributed by atoms with Gasteiger partial charge in [0.25, 0.3) is 0 Å². The number of hydrogen-bond acceptors (Lipinski definition) is 4. The maximum absolute atomic E-state index is 12.8. The van der Waals surface area contributed by atoms with Crippen molar-refractivity contribution in [3.63, 3.8) is 0 Å². The molecule has 2 aromatic rings. The van der Waals surface area contributed by atoms with Crippen LogP contribution in [0, 0.1) is 0 Å². The molecule has 0 radical (unpaired) electrons. The van der Waals surface area contributed by atoms with Crippen molar-refractivity contribution in [2.24, 2.45) is 7.05 Å². The van der Waals surface area contributed by atoms with Gasteiger partial charge in [-0.1, -0.05) is 6.92 Å². The minimum Gasteiger partial charge on any atom is -0.466 e. The lowest BCUT2D eigenvalue weighted by Crippen LogP contribution is -2.07. The molecule has 0 saturated heterocycles. The molecule has 1 heterocycles. The van der Waals surface area contributed by atoms with Gasteiger partial charge >= 0.3 is 5.97 Å². The van der Waals surface area contributed by atoms with E-state index in [0.717, 1.165) is 29.8 Å². The highest BCUT2D eigenvalue weighted by molar-refractivity contribution is 6.10. The summed E-state index contributed by atoms with van der Waals surface area (Å²) in [4.78, 5) is 24.3. The van der Waals surface area contributed by atoms with E-state index in [-0.39, 0.29) is 11.8 Å². The normalized spacial score (nSPS) is 10.7. The molecule has 0 aliphatic rings. The zero-order valence-corrected chi connectivity index (χ0v) is 15.2. The van der Waals surface area contributed by atoms with Crippen LogP contribution in [0.4, 0.5) is 5.69 Å². The van der Waals surface area contributed by atoms with Crippen LogP contribution in [0.5, 0.6) is 0 Å². The molecule has 0 spiro atoms. The highest BCUT2D eigenvalue weighted by Crippen LogP contribution is 2.21. The Morgan fingerprint density at radius 3 is 2.44 bits per heavy atom. The van der Waals surface area contributed by atoms with Gasteiger partial charge in [-0.2, -0.15) is 0 Å². The molecular formula is C20H26N2O3. The summed E-state index contributed by atoms with van der Waals surface area (Å²) in [5.41, 5.74) is 9.75. The van der Waals surface area contributed by atoms with Crippen molar-refractivity contribution in [3.05, 3.63) is 52.8 Å². The second kappa shape index (κ2) is 8.51. The number of carbonyl (C=O) groups is 2. The third-order valence-corrected chi connectivity index (χ3v) is 4.33. The highest BCUT2D eigenvalue weighted by atomic mass is 16.5. The van der Waals surface area contributed by atoms with Crippen LogP contribution in [0.3, 0.4) is 0 Å². The van der Waals surface area contributed by atoms with Crippen molar-refractivity contribution < 1.29 is 14.3 Å². The number of ether oxygens (including phenoxy) is 1. The largest absolute Gasteiger partial charge is 0.466 e. The zero-order valence-electron chi connectivity index (χ0n) is 15.2. The van der Waals surface area contributed by atoms with Gasteiger partial charge in [0.1, 0.15) is 0 Å². The summed E-state index contributed by atoms with van der Waals surface area (Å²) in [7, 11) is 1.97. The maximum atomic E-state index is 12.8. The van der Waals surface area contributed by atoms with Crippen LogP contribution < -0.4 is 5.73 Å². The second-order valence-corrected chi connectivity index (χ2v) is 6.02. The third-order valence-electron chi connectivity index (χ3n) is 4.33. The van der Waals surface area contributed by atoms with E-state index in [9.17, 15) is 9.59 Å². The number of benzene rings is 1. The van der Waals surface area contributed by atoms with E-state index in [2.05, 4.69) is 4.57 Å². The van der Waals surface area contributed by atoms with Gasteiger partial charge < -0.3 is 15.0 Å². The molecule has 2 rings (SSSR count). The Morgan fingerprint density at radius 2 is 1.84 bits per heavy atom. The van der Waals surface area contributed by atoms with E-state index < -0.39 is 0 Å². The summed E-state index contributed by atoms with van der Waals surface area (Å²) in [5.74, 6) is -0.172. The predicted molar refractivity (Wildman–Crippen MR) is 98.6 cm³/mol. The lowest BCUT2D eigenvalue weighted by atomic mass is 10.0. The molecule has 5 heteroatoms. The first-order chi connectivity index (χ1) is 12.0. The first-order valence-electron chi connectivity index (χ1n) is 8.71. The number of rotatable bonds is 8. The fourth-order valence-corrected chi connectivity index (χ4v) is 3.00. The minimum absolute atomic E-state index is 0.00379. The van der Waals surface area contributed by atoms with Crippen molar-refractivity contribution in [3.8, 4) is 0 Å². The molecule has 0 unspecified atom stereocenters. The SMILES string of the molecule is CCOC(=O)CCCc1cc(C(=O)c2ccc(N)cc2)c(CC)n1C. The van der Waals surface area contributed by atoms with Crippen molar-refractivity contribution >= 4 is 17.4 Å². The molecule has 25 heavy (non-hydrogen) atoms. The summed E-state index contributed by atoms with van der Waals surface area (Å²) in [6.07, 6.45) is 2.60. The van der Waals surface area contributed by atoms with Crippen molar-refractivity contribution in [2.75, 3.05) is 12.3 Å². The van der Waals surface area contributed by atoms with Gasteiger partial charge in [-0.3, -0.25) is 9.59 Å². The predicted octanol–water partition coefficient (Wildman–Crippen LogP) is 3.29. The molecule has 5 nitrogen and oxygen atoms in total. The second-order valence-electron chi connectivity index (χ2n) is 6.02. The monoisotopic (exact) mass is 342 g/mol. The first-order valence-corrected chi connectivity index (χ1v) is 8.71. The van der Waals surface area contributed by atoms with Crippen LogP contribution >= 0.6 is 0 Å². The van der Waals surface area contributed by atoms with Crippen molar-refractivity contribution in [2.45, 2.75) is 39.5 Å². The van der Waals surface area contributed by atoms with Gasteiger partial charge in [0, 0.05) is 41.7 Å². The number of hydrogen-bond donors (Lipinski definition) is 1. The van der Waals surface area contributed by atoms with Crippen molar-refractivity contribution in [1.29, 1.82) is 0 Å². The Balaban J connectivity index is 2.17. The zero-order chi connectivity index (χ0) is 18.4. The topological polar surface area (TPSA) is 74.3 Å². The Morgan fingerprint density at radius 1 is 1.16 bits per heavy atom. The summed E-state index contributed by atoms with van der Waals surface area (Å²) in [6, 6.07) is 8.93. The number of aryl methyl sites for hydroxylation is 1. The van der Waals surface area contributed by atoms with Crippen LogP contribution in [-0.2, 0) is 29.4 Å². The number of nitrogens with zero attached hydrogens (tertiary/aromatic N) is 1. The fraction of sp³-hybridized carbons (Fsp3) is 0.400. The quantitative estimate of drug-likeness (QED) is 0.454. The number of nitrogen functional groups attached to an aromatic ring is 1. The van der Waals surface area contributed by atoms with Crippen LogP contribution in [0.25, 0.3) is 0 Å². The van der Waals surface area contributed by atoms with Gasteiger partial charge in [0.15, 0.2) is 5.78 Å². The number of carbonyl (C=O) groups excluding carboxylic acids is 2. The van der Waals surface area contributed by atoms with Gasteiger partial charge in [-0.15, -0.1) is 0 Å². The van der Waals surface area contributed by atoms with Crippen LogP contribution in [0.15, 0.2) is 30.3 Å². The van der Waals surface area contributed by atoms with E-state index in [1.165, 1.54) is 0 Å². The molecule has 1 aromatic carbocycles. The van der Waals surface area contributed by atoms with E-state index in [1.54, 1.807) is 31.2 Å². The average Bonchev–Trinajstić information content (AvgIpc) is 2.91. The van der Waals surface area contributed by atoms with Gasteiger partial charge in [0.2, 0.25) is 0 Å². The number of esters is 1. The van der Waals surface area contributed by atoms with Crippen molar-refractivity contribution in [1.82, 2.24) is 4.57 Å². The van der Waals surface area contributed by atoms with E-state index in [4.69, 9.17) is 10.5 Å². The molecule has 0 aliphatic carbocycles. The molecule has 0 atom stereocenters. The van der Waals surface area contributed by atoms with E-state index in [0.29, 0.717) is 30.7 Å². The highest BCUT2D eigenvalue weighted by Gasteiger charge is 2.19. The lowest BCUT2D eigenvalue weighted by molar-refractivity contribution is -0.143.